The van der Waals surface area contributed by atoms with Crippen molar-refractivity contribution in [1.82, 2.24) is 9.80 Å². The summed E-state index contributed by atoms with van der Waals surface area (Å²) in [5.74, 6) is -2.88. The number of hydrogen-bond donors (Lipinski definition) is 0. The molecular formula is C15H18F2N2O4S. The second kappa shape index (κ2) is 7.27. The first-order valence-electron chi connectivity index (χ1n) is 7.19. The molecule has 0 saturated carbocycles. The molecule has 1 heterocycles. The van der Waals surface area contributed by atoms with Crippen LogP contribution in [0, 0.1) is 11.6 Å². The van der Waals surface area contributed by atoms with Gasteiger partial charge in [0, 0.05) is 39.5 Å². The number of halogens is 2. The van der Waals surface area contributed by atoms with Crippen LogP contribution in [0.25, 0.3) is 0 Å². The van der Waals surface area contributed by atoms with Crippen LogP contribution in [0.2, 0.25) is 0 Å². The minimum Gasteiger partial charge on any atom is -0.382 e. The summed E-state index contributed by atoms with van der Waals surface area (Å²) in [7, 11) is -1.36. The first-order valence-corrected chi connectivity index (χ1v) is 8.67. The van der Waals surface area contributed by atoms with Crippen molar-refractivity contribution >= 4 is 15.7 Å². The van der Waals surface area contributed by atoms with Crippen molar-refractivity contribution in [2.45, 2.75) is 4.90 Å². The van der Waals surface area contributed by atoms with E-state index in [4.69, 9.17) is 4.74 Å². The maximum absolute atomic E-state index is 13.9. The highest BCUT2D eigenvalue weighted by atomic mass is 32.2. The van der Waals surface area contributed by atoms with E-state index in [9.17, 15) is 22.0 Å². The highest BCUT2D eigenvalue weighted by molar-refractivity contribution is 7.96. The molecule has 0 spiro atoms. The number of morpholine rings is 1. The maximum Gasteiger partial charge on any atom is 0.267 e. The molecule has 0 aromatic heterocycles. The fourth-order valence-corrected chi connectivity index (χ4v) is 3.72. The van der Waals surface area contributed by atoms with Crippen LogP contribution in [0.1, 0.15) is 0 Å². The van der Waals surface area contributed by atoms with E-state index >= 15 is 0 Å². The number of sulfone groups is 1. The van der Waals surface area contributed by atoms with Crippen molar-refractivity contribution in [3.05, 3.63) is 40.9 Å². The molecule has 0 bridgehead atoms. The highest BCUT2D eigenvalue weighted by Crippen LogP contribution is 2.25. The molecule has 1 aromatic rings. The lowest BCUT2D eigenvalue weighted by Gasteiger charge is -2.28. The van der Waals surface area contributed by atoms with E-state index in [0.717, 1.165) is 18.3 Å². The molecule has 9 heteroatoms. The normalized spacial score (nSPS) is 16.2. The number of ether oxygens (including phenoxy) is 1. The summed E-state index contributed by atoms with van der Waals surface area (Å²) in [6.07, 6.45) is 1.12. The molecular weight excluding hydrogens is 342 g/mol. The third kappa shape index (κ3) is 3.90. The number of carbonyl (C=O) groups is 1. The molecule has 1 aliphatic rings. The molecule has 0 radical (unpaired) electrons. The summed E-state index contributed by atoms with van der Waals surface area (Å²) in [6, 6.07) is 2.12. The van der Waals surface area contributed by atoms with Crippen LogP contribution < -0.4 is 0 Å². The van der Waals surface area contributed by atoms with E-state index in [1.54, 1.807) is 14.1 Å². The summed E-state index contributed by atoms with van der Waals surface area (Å²) in [5.41, 5.74) is 0. The molecule has 0 N–H and O–H groups in total. The molecule has 24 heavy (non-hydrogen) atoms. The Morgan fingerprint density at radius 2 is 1.88 bits per heavy atom. The van der Waals surface area contributed by atoms with E-state index in [1.807, 2.05) is 0 Å². The standard InChI is InChI=1S/C15H18F2N2O4S/c1-18(2)10-14(15(20)19-5-7-23-8-6-19)24(21,22)13-4-3-11(16)9-12(13)17/h3-4,9-10H,5-8H2,1-2H3. The molecule has 0 unspecified atom stereocenters. The van der Waals surface area contributed by atoms with Gasteiger partial charge in [-0.05, 0) is 12.1 Å². The van der Waals surface area contributed by atoms with Gasteiger partial charge in [0.1, 0.15) is 16.5 Å². The predicted molar refractivity (Wildman–Crippen MR) is 82.7 cm³/mol. The van der Waals surface area contributed by atoms with Crippen LogP contribution in [0.5, 0.6) is 0 Å². The lowest BCUT2D eigenvalue weighted by atomic mass is 10.3. The maximum atomic E-state index is 13.9. The van der Waals surface area contributed by atoms with E-state index < -0.39 is 37.2 Å². The summed E-state index contributed by atoms with van der Waals surface area (Å²) >= 11 is 0. The molecule has 1 amide bonds. The van der Waals surface area contributed by atoms with E-state index in [1.165, 1.54) is 9.80 Å². The SMILES string of the molecule is CN(C)C=C(C(=O)N1CCOCC1)S(=O)(=O)c1ccc(F)cc1F. The van der Waals surface area contributed by atoms with Gasteiger partial charge in [-0.2, -0.15) is 0 Å². The summed E-state index contributed by atoms with van der Waals surface area (Å²) in [5, 5.41) is 0. The van der Waals surface area contributed by atoms with Gasteiger partial charge in [0.05, 0.1) is 13.2 Å². The molecule has 6 nitrogen and oxygen atoms in total. The molecule has 132 valence electrons. The largest absolute Gasteiger partial charge is 0.382 e. The minimum atomic E-state index is -4.45. The Morgan fingerprint density at radius 1 is 1.25 bits per heavy atom. The number of carbonyl (C=O) groups excluding carboxylic acids is 1. The third-order valence-electron chi connectivity index (χ3n) is 3.36. The smallest absolute Gasteiger partial charge is 0.267 e. The van der Waals surface area contributed by atoms with E-state index in [0.29, 0.717) is 19.3 Å². The average Bonchev–Trinajstić information content (AvgIpc) is 2.52. The molecule has 0 atom stereocenters. The number of nitrogens with zero attached hydrogens (tertiary/aromatic N) is 2. The van der Waals surface area contributed by atoms with Gasteiger partial charge in [-0.25, -0.2) is 17.2 Å². The zero-order valence-electron chi connectivity index (χ0n) is 13.3. The zero-order chi connectivity index (χ0) is 17.9. The fraction of sp³-hybridized carbons (Fsp3) is 0.400. The Morgan fingerprint density at radius 3 is 2.42 bits per heavy atom. The second-order valence-electron chi connectivity index (χ2n) is 5.44. The summed E-state index contributed by atoms with van der Waals surface area (Å²) in [6.45, 7) is 1.08. The Kier molecular flexibility index (Phi) is 5.55. The van der Waals surface area contributed by atoms with Crippen LogP contribution in [0.15, 0.2) is 34.2 Å². The van der Waals surface area contributed by atoms with Crippen molar-refractivity contribution in [1.29, 1.82) is 0 Å². The topological polar surface area (TPSA) is 66.9 Å². The third-order valence-corrected chi connectivity index (χ3v) is 5.13. The van der Waals surface area contributed by atoms with Crippen molar-refractivity contribution in [2.75, 3.05) is 40.4 Å². The number of hydrogen-bond acceptors (Lipinski definition) is 5. The van der Waals surface area contributed by atoms with Gasteiger partial charge in [0.15, 0.2) is 4.91 Å². The van der Waals surface area contributed by atoms with Crippen LogP contribution in [-0.4, -0.2) is 64.5 Å². The monoisotopic (exact) mass is 360 g/mol. The van der Waals surface area contributed by atoms with Crippen molar-refractivity contribution in [3.63, 3.8) is 0 Å². The minimum absolute atomic E-state index is 0.241. The van der Waals surface area contributed by atoms with Gasteiger partial charge >= 0.3 is 0 Å². The number of rotatable bonds is 4. The first kappa shape index (κ1) is 18.3. The van der Waals surface area contributed by atoms with Gasteiger partial charge in [-0.3, -0.25) is 4.79 Å². The van der Waals surface area contributed by atoms with Gasteiger partial charge < -0.3 is 14.5 Å². The molecule has 1 aliphatic heterocycles. The van der Waals surface area contributed by atoms with Crippen molar-refractivity contribution < 1.29 is 26.7 Å². The second-order valence-corrected chi connectivity index (χ2v) is 7.33. The highest BCUT2D eigenvalue weighted by Gasteiger charge is 2.33. The zero-order valence-corrected chi connectivity index (χ0v) is 14.1. The molecule has 2 rings (SSSR count). The number of benzene rings is 1. The molecule has 1 fully saturated rings. The van der Waals surface area contributed by atoms with Gasteiger partial charge in [0.2, 0.25) is 9.84 Å². The Hall–Kier alpha value is -2.00. The van der Waals surface area contributed by atoms with Crippen molar-refractivity contribution in [3.8, 4) is 0 Å². The fourth-order valence-electron chi connectivity index (χ4n) is 2.21. The quantitative estimate of drug-likeness (QED) is 0.592. The average molecular weight is 360 g/mol. The van der Waals surface area contributed by atoms with E-state index in [2.05, 4.69) is 0 Å². The van der Waals surface area contributed by atoms with Crippen LogP contribution in [0.3, 0.4) is 0 Å². The molecule has 1 saturated heterocycles. The lowest BCUT2D eigenvalue weighted by Crippen LogP contribution is -2.42. The van der Waals surface area contributed by atoms with Gasteiger partial charge in [-0.15, -0.1) is 0 Å². The lowest BCUT2D eigenvalue weighted by molar-refractivity contribution is -0.130. The van der Waals surface area contributed by atoms with Crippen LogP contribution in [-0.2, 0) is 19.4 Å². The summed E-state index contributed by atoms with van der Waals surface area (Å²) in [4.78, 5) is 14.0. The predicted octanol–water partition coefficient (Wildman–Crippen LogP) is 1.00. The van der Waals surface area contributed by atoms with Gasteiger partial charge in [0.25, 0.3) is 5.91 Å². The Balaban J connectivity index is 2.48. The Labute approximate surface area is 139 Å². The summed E-state index contributed by atoms with van der Waals surface area (Å²) < 4.78 is 57.6. The first-order chi connectivity index (χ1) is 11.2. The van der Waals surface area contributed by atoms with Crippen molar-refractivity contribution in [2.24, 2.45) is 0 Å². The van der Waals surface area contributed by atoms with Crippen LogP contribution >= 0.6 is 0 Å². The molecule has 0 aliphatic carbocycles. The Bertz CT molecular complexity index is 757. The molecule has 1 aromatic carbocycles. The van der Waals surface area contributed by atoms with Gasteiger partial charge in [-0.1, -0.05) is 0 Å². The number of amides is 1. The van der Waals surface area contributed by atoms with E-state index in [-0.39, 0.29) is 13.1 Å². The van der Waals surface area contributed by atoms with Crippen LogP contribution in [0.4, 0.5) is 8.78 Å².